The lowest BCUT2D eigenvalue weighted by Crippen LogP contribution is -2.27. The molecule has 0 aromatic heterocycles. The Kier molecular flexibility index (Phi) is 6.37. The third-order valence-electron chi connectivity index (χ3n) is 3.67. The van der Waals surface area contributed by atoms with Crippen molar-refractivity contribution in [2.24, 2.45) is 0 Å². The van der Waals surface area contributed by atoms with E-state index in [1.807, 2.05) is 12.3 Å². The van der Waals surface area contributed by atoms with Crippen LogP contribution in [0.4, 0.5) is 0 Å². The van der Waals surface area contributed by atoms with E-state index in [2.05, 4.69) is 4.72 Å². The van der Waals surface area contributed by atoms with Gasteiger partial charge in [0.05, 0.1) is 10.1 Å². The third-order valence-corrected chi connectivity index (χ3v) is 5.94. The SMILES string of the molecule is CC(=O)c1ccc(C(CNS(=O)(=O)c2ccc(C)cc2)SC#N)cc1. The predicted molar refractivity (Wildman–Crippen MR) is 98.8 cm³/mol. The Morgan fingerprint density at radius 2 is 1.76 bits per heavy atom. The second-order valence-electron chi connectivity index (χ2n) is 5.54. The molecule has 0 radical (unpaired) electrons. The molecule has 0 fully saturated rings. The first-order valence-corrected chi connectivity index (χ1v) is 9.92. The minimum absolute atomic E-state index is 0.0453. The highest BCUT2D eigenvalue weighted by molar-refractivity contribution is 8.04. The number of hydrogen-bond donors (Lipinski definition) is 1. The van der Waals surface area contributed by atoms with Crippen molar-refractivity contribution >= 4 is 27.6 Å². The molecule has 1 N–H and O–H groups in total. The van der Waals surface area contributed by atoms with Gasteiger partial charge in [0.15, 0.2) is 5.78 Å². The van der Waals surface area contributed by atoms with Crippen LogP contribution in [0.2, 0.25) is 0 Å². The van der Waals surface area contributed by atoms with Gasteiger partial charge in [-0.3, -0.25) is 4.79 Å². The summed E-state index contributed by atoms with van der Waals surface area (Å²) < 4.78 is 27.3. The van der Waals surface area contributed by atoms with E-state index in [0.29, 0.717) is 5.56 Å². The van der Waals surface area contributed by atoms with Crippen LogP contribution in [0.15, 0.2) is 53.4 Å². The van der Waals surface area contributed by atoms with Crippen molar-refractivity contribution in [3.63, 3.8) is 0 Å². The van der Waals surface area contributed by atoms with Crippen molar-refractivity contribution < 1.29 is 13.2 Å². The largest absolute Gasteiger partial charge is 0.295 e. The summed E-state index contributed by atoms with van der Waals surface area (Å²) in [6, 6.07) is 13.4. The van der Waals surface area contributed by atoms with E-state index in [1.54, 1.807) is 48.5 Å². The molecular weight excluding hydrogens is 356 g/mol. The number of rotatable bonds is 7. The quantitative estimate of drug-likeness (QED) is 0.593. The smallest absolute Gasteiger partial charge is 0.240 e. The van der Waals surface area contributed by atoms with Gasteiger partial charge in [-0.2, -0.15) is 5.26 Å². The third kappa shape index (κ3) is 5.16. The zero-order valence-electron chi connectivity index (χ0n) is 13.9. The molecule has 0 aliphatic rings. The molecular formula is C18H18N2O3S2. The second kappa shape index (κ2) is 8.30. The van der Waals surface area contributed by atoms with E-state index < -0.39 is 10.0 Å². The van der Waals surface area contributed by atoms with Gasteiger partial charge in [0.2, 0.25) is 10.0 Å². The number of nitrogens with one attached hydrogen (secondary N) is 1. The lowest BCUT2D eigenvalue weighted by Gasteiger charge is -2.15. The topological polar surface area (TPSA) is 87.0 Å². The Bertz CT molecular complexity index is 883. The van der Waals surface area contributed by atoms with Crippen LogP contribution in [-0.4, -0.2) is 20.7 Å². The lowest BCUT2D eigenvalue weighted by molar-refractivity contribution is 0.101. The number of aryl methyl sites for hydroxylation is 1. The van der Waals surface area contributed by atoms with Gasteiger partial charge >= 0.3 is 0 Å². The van der Waals surface area contributed by atoms with Gasteiger partial charge in [-0.1, -0.05) is 42.0 Å². The Hall–Kier alpha value is -2.14. The van der Waals surface area contributed by atoms with E-state index in [9.17, 15) is 13.2 Å². The summed E-state index contributed by atoms with van der Waals surface area (Å²) >= 11 is 0.976. The fourth-order valence-corrected chi connectivity index (χ4v) is 3.95. The second-order valence-corrected chi connectivity index (χ2v) is 8.30. The molecule has 2 aromatic rings. The number of ketones is 1. The van der Waals surface area contributed by atoms with Crippen molar-refractivity contribution in [1.82, 2.24) is 4.72 Å². The van der Waals surface area contributed by atoms with Crippen LogP contribution >= 0.6 is 11.8 Å². The molecule has 130 valence electrons. The van der Waals surface area contributed by atoms with Crippen molar-refractivity contribution in [2.45, 2.75) is 24.0 Å². The molecule has 1 unspecified atom stereocenters. The van der Waals surface area contributed by atoms with E-state index in [-0.39, 0.29) is 22.5 Å². The van der Waals surface area contributed by atoms with Crippen LogP contribution in [0, 0.1) is 17.6 Å². The van der Waals surface area contributed by atoms with E-state index >= 15 is 0 Å². The summed E-state index contributed by atoms with van der Waals surface area (Å²) in [4.78, 5) is 11.5. The molecule has 0 heterocycles. The molecule has 0 aliphatic carbocycles. The van der Waals surface area contributed by atoms with Crippen molar-refractivity contribution in [3.05, 3.63) is 65.2 Å². The van der Waals surface area contributed by atoms with Gasteiger partial charge in [0.1, 0.15) is 5.40 Å². The number of benzene rings is 2. The maximum absolute atomic E-state index is 12.4. The number of carbonyl (C=O) groups is 1. The van der Waals surface area contributed by atoms with Crippen LogP contribution in [0.5, 0.6) is 0 Å². The average Bonchev–Trinajstić information content (AvgIpc) is 2.59. The van der Waals surface area contributed by atoms with Gasteiger partial charge in [-0.15, -0.1) is 0 Å². The predicted octanol–water partition coefficient (Wildman–Crippen LogP) is 3.43. The highest BCUT2D eigenvalue weighted by Crippen LogP contribution is 2.28. The Labute approximate surface area is 152 Å². The Morgan fingerprint density at radius 1 is 1.16 bits per heavy atom. The number of hydrogen-bond acceptors (Lipinski definition) is 5. The van der Waals surface area contributed by atoms with Crippen molar-refractivity contribution in [2.75, 3.05) is 6.54 Å². The van der Waals surface area contributed by atoms with E-state index in [0.717, 1.165) is 22.9 Å². The van der Waals surface area contributed by atoms with E-state index in [1.165, 1.54) is 6.92 Å². The molecule has 25 heavy (non-hydrogen) atoms. The molecule has 1 atom stereocenters. The Morgan fingerprint density at radius 3 is 2.28 bits per heavy atom. The number of Topliss-reactive ketones (excluding diaryl/α,β-unsaturated/α-hetero) is 1. The van der Waals surface area contributed by atoms with Crippen molar-refractivity contribution in [1.29, 1.82) is 5.26 Å². The molecule has 7 heteroatoms. The van der Waals surface area contributed by atoms with Gasteiger partial charge < -0.3 is 0 Å². The molecule has 2 aromatic carbocycles. The molecule has 0 aliphatic heterocycles. The number of nitriles is 1. The zero-order valence-corrected chi connectivity index (χ0v) is 15.5. The fraction of sp³-hybridized carbons (Fsp3) is 0.222. The first kappa shape index (κ1) is 19.2. The van der Waals surface area contributed by atoms with Crippen molar-refractivity contribution in [3.8, 4) is 5.40 Å². The number of sulfonamides is 1. The summed E-state index contributed by atoms with van der Waals surface area (Å²) in [5.41, 5.74) is 2.33. The molecule has 5 nitrogen and oxygen atoms in total. The van der Waals surface area contributed by atoms with E-state index in [4.69, 9.17) is 5.26 Å². The number of nitrogens with zero attached hydrogens (tertiary/aromatic N) is 1. The first-order valence-electron chi connectivity index (χ1n) is 7.55. The highest BCUT2D eigenvalue weighted by atomic mass is 32.2. The number of thioether (sulfide) groups is 1. The van der Waals surface area contributed by atoms with Crippen LogP contribution in [-0.2, 0) is 10.0 Å². The minimum atomic E-state index is -3.65. The van der Waals surface area contributed by atoms with Gasteiger partial charge in [-0.25, -0.2) is 13.1 Å². The fourth-order valence-electron chi connectivity index (χ4n) is 2.21. The normalized spacial score (nSPS) is 12.4. The first-order chi connectivity index (χ1) is 11.8. The van der Waals surface area contributed by atoms with Crippen LogP contribution in [0.3, 0.4) is 0 Å². The lowest BCUT2D eigenvalue weighted by atomic mass is 10.1. The minimum Gasteiger partial charge on any atom is -0.295 e. The molecule has 2 rings (SSSR count). The number of carbonyl (C=O) groups excluding carboxylic acids is 1. The standard InChI is InChI=1S/C18H18N2O3S2/c1-13-3-9-17(10-4-13)25(22,23)20-11-18(24-12-19)16-7-5-15(6-8-16)14(2)21/h3-10,18,20H,11H2,1-2H3. The summed E-state index contributed by atoms with van der Waals surface area (Å²) in [7, 11) is -3.65. The van der Waals surface area contributed by atoms with Gasteiger partial charge in [-0.05, 0) is 43.3 Å². The average molecular weight is 374 g/mol. The van der Waals surface area contributed by atoms with Gasteiger partial charge in [0, 0.05) is 12.1 Å². The zero-order chi connectivity index (χ0) is 18.4. The monoisotopic (exact) mass is 374 g/mol. The summed E-state index contributed by atoms with van der Waals surface area (Å²) in [6.45, 7) is 3.44. The molecule has 0 bridgehead atoms. The van der Waals surface area contributed by atoms with Gasteiger partial charge in [0.25, 0.3) is 0 Å². The molecule has 0 saturated heterocycles. The summed E-state index contributed by atoms with van der Waals surface area (Å²) in [5.74, 6) is -0.0453. The maximum atomic E-state index is 12.4. The molecule has 0 saturated carbocycles. The van der Waals surface area contributed by atoms with Crippen LogP contribution in [0.25, 0.3) is 0 Å². The molecule has 0 spiro atoms. The highest BCUT2D eigenvalue weighted by Gasteiger charge is 2.19. The summed E-state index contributed by atoms with van der Waals surface area (Å²) in [5, 5.41) is 10.6. The van der Waals surface area contributed by atoms with Crippen LogP contribution in [0.1, 0.15) is 33.7 Å². The maximum Gasteiger partial charge on any atom is 0.240 e. The Balaban J connectivity index is 2.15. The molecule has 0 amide bonds. The van der Waals surface area contributed by atoms with Crippen LogP contribution < -0.4 is 4.72 Å². The number of thiocyanates is 1. The summed E-state index contributed by atoms with van der Waals surface area (Å²) in [6.07, 6.45) is 0.